The summed E-state index contributed by atoms with van der Waals surface area (Å²) in [6, 6.07) is 0. The van der Waals surface area contributed by atoms with Gasteiger partial charge in [0, 0.05) is 6.54 Å². The quantitative estimate of drug-likeness (QED) is 0.730. The van der Waals surface area contributed by atoms with Crippen LogP contribution in [0, 0.1) is 5.92 Å². The zero-order valence-electron chi connectivity index (χ0n) is 10.0. The molecule has 0 aliphatic rings. The normalized spacial score (nSPS) is 14.7. The fourth-order valence-electron chi connectivity index (χ4n) is 1.44. The number of alkyl halides is 5. The Bertz CT molecular complexity index is 276. The molecule has 0 aromatic heterocycles. The highest BCUT2D eigenvalue weighted by atomic mass is 19.4. The topological polar surface area (TPSA) is 49.3 Å². The van der Waals surface area contributed by atoms with Gasteiger partial charge in [-0.15, -0.1) is 0 Å². The summed E-state index contributed by atoms with van der Waals surface area (Å²) >= 11 is 0. The van der Waals surface area contributed by atoms with Gasteiger partial charge in [-0.2, -0.15) is 22.0 Å². The number of nitrogens with one attached hydrogen (secondary N) is 1. The van der Waals surface area contributed by atoms with Crippen LogP contribution in [0.25, 0.3) is 0 Å². The maximum Gasteiger partial charge on any atom is 0.463 e. The van der Waals surface area contributed by atoms with Crippen molar-refractivity contribution in [3.63, 3.8) is 0 Å². The lowest BCUT2D eigenvalue weighted by Gasteiger charge is -2.23. The molecule has 108 valence electrons. The van der Waals surface area contributed by atoms with Crippen LogP contribution in [0.2, 0.25) is 0 Å². The summed E-state index contributed by atoms with van der Waals surface area (Å²) in [5.41, 5.74) is 0. The molecule has 1 unspecified atom stereocenters. The molecular weight excluding hydrogens is 261 g/mol. The van der Waals surface area contributed by atoms with Crippen LogP contribution < -0.4 is 5.32 Å². The van der Waals surface area contributed by atoms with Crippen LogP contribution in [0.3, 0.4) is 0 Å². The predicted molar refractivity (Wildman–Crippen MR) is 54.1 cm³/mol. The van der Waals surface area contributed by atoms with E-state index in [1.807, 2.05) is 0 Å². The van der Waals surface area contributed by atoms with Crippen molar-refractivity contribution in [3.05, 3.63) is 0 Å². The molecule has 2 N–H and O–H groups in total. The summed E-state index contributed by atoms with van der Waals surface area (Å²) in [6.07, 6.45) is -6.02. The van der Waals surface area contributed by atoms with Crippen molar-refractivity contribution in [2.45, 2.75) is 44.9 Å². The zero-order valence-corrected chi connectivity index (χ0v) is 10.0. The number of rotatable bonds is 6. The smallest absolute Gasteiger partial charge is 0.391 e. The largest absolute Gasteiger partial charge is 0.463 e. The highest BCUT2D eigenvalue weighted by Gasteiger charge is 2.63. The molecule has 8 heteroatoms. The average molecular weight is 277 g/mol. The Hall–Kier alpha value is -0.920. The molecule has 0 rings (SSSR count). The maximum atomic E-state index is 12.5. The number of hydrogen-bond acceptors (Lipinski definition) is 2. The Morgan fingerprint density at radius 2 is 1.61 bits per heavy atom. The summed E-state index contributed by atoms with van der Waals surface area (Å²) in [6.45, 7) is 2.85. The van der Waals surface area contributed by atoms with E-state index >= 15 is 0 Å². The Morgan fingerprint density at radius 3 is 1.94 bits per heavy atom. The Balaban J connectivity index is 4.43. The first-order valence-corrected chi connectivity index (χ1v) is 5.48. The van der Waals surface area contributed by atoms with Gasteiger partial charge in [0.15, 0.2) is 0 Å². The van der Waals surface area contributed by atoms with Gasteiger partial charge in [0.25, 0.3) is 5.91 Å². The van der Waals surface area contributed by atoms with E-state index < -0.39 is 30.7 Å². The number of carbonyl (C=O) groups is 1. The van der Waals surface area contributed by atoms with E-state index in [1.54, 1.807) is 13.8 Å². The number of hydrogen-bond donors (Lipinski definition) is 2. The van der Waals surface area contributed by atoms with Gasteiger partial charge in [-0.05, 0) is 5.92 Å². The van der Waals surface area contributed by atoms with Crippen LogP contribution in [0.4, 0.5) is 22.0 Å². The summed E-state index contributed by atoms with van der Waals surface area (Å²) in [5.74, 6) is -8.15. The third-order valence-electron chi connectivity index (χ3n) is 2.71. The van der Waals surface area contributed by atoms with Crippen LogP contribution in [-0.4, -0.2) is 35.8 Å². The maximum absolute atomic E-state index is 12.5. The number of aliphatic hydroxyl groups is 1. The van der Waals surface area contributed by atoms with E-state index in [2.05, 4.69) is 0 Å². The zero-order chi connectivity index (χ0) is 14.6. The summed E-state index contributed by atoms with van der Waals surface area (Å²) in [4.78, 5) is 10.7. The minimum absolute atomic E-state index is 0.259. The minimum atomic E-state index is -5.93. The van der Waals surface area contributed by atoms with Gasteiger partial charge in [0.05, 0.1) is 6.10 Å². The molecule has 0 bridgehead atoms. The molecule has 0 fully saturated rings. The number of halogens is 5. The molecule has 0 saturated carbocycles. The lowest BCUT2D eigenvalue weighted by molar-refractivity contribution is -0.269. The van der Waals surface area contributed by atoms with Crippen molar-refractivity contribution < 1.29 is 31.9 Å². The molecule has 0 aliphatic heterocycles. The monoisotopic (exact) mass is 277 g/mol. The van der Waals surface area contributed by atoms with Crippen molar-refractivity contribution in [2.24, 2.45) is 5.92 Å². The van der Waals surface area contributed by atoms with E-state index in [0.717, 1.165) is 0 Å². The molecule has 18 heavy (non-hydrogen) atoms. The molecule has 0 heterocycles. The first-order chi connectivity index (χ1) is 8.07. The Kier molecular flexibility index (Phi) is 5.98. The van der Waals surface area contributed by atoms with Crippen LogP contribution in [0.5, 0.6) is 0 Å². The third-order valence-corrected chi connectivity index (χ3v) is 2.71. The second-order valence-electron chi connectivity index (χ2n) is 3.93. The van der Waals surface area contributed by atoms with Gasteiger partial charge < -0.3 is 10.4 Å². The molecule has 1 atom stereocenters. The van der Waals surface area contributed by atoms with Crippen LogP contribution in [-0.2, 0) is 4.79 Å². The summed E-state index contributed by atoms with van der Waals surface area (Å²) in [7, 11) is 0. The van der Waals surface area contributed by atoms with Crippen molar-refractivity contribution in [2.75, 3.05) is 6.54 Å². The standard InChI is InChI=1S/C10H16F5NO2/c1-3-6(4-2)7(17)5-16-8(18)9(11,12)10(13,14)15/h6-7,17H,3-5H2,1-2H3,(H,16,18). The lowest BCUT2D eigenvalue weighted by Crippen LogP contribution is -2.52. The highest BCUT2D eigenvalue weighted by molar-refractivity contribution is 5.84. The van der Waals surface area contributed by atoms with Crippen molar-refractivity contribution in [1.29, 1.82) is 0 Å². The molecule has 0 aromatic rings. The van der Waals surface area contributed by atoms with E-state index in [9.17, 15) is 31.9 Å². The second kappa shape index (κ2) is 6.31. The molecule has 0 aromatic carbocycles. The van der Waals surface area contributed by atoms with Crippen molar-refractivity contribution in [3.8, 4) is 0 Å². The molecule has 0 spiro atoms. The molecule has 0 saturated heterocycles. The van der Waals surface area contributed by atoms with E-state index in [1.165, 1.54) is 5.32 Å². The summed E-state index contributed by atoms with van der Waals surface area (Å²) in [5, 5.41) is 10.9. The van der Waals surface area contributed by atoms with E-state index in [-0.39, 0.29) is 5.92 Å². The van der Waals surface area contributed by atoms with Gasteiger partial charge in [0.2, 0.25) is 0 Å². The summed E-state index contributed by atoms with van der Waals surface area (Å²) < 4.78 is 60.5. The molecular formula is C10H16F5NO2. The minimum Gasteiger partial charge on any atom is -0.391 e. The van der Waals surface area contributed by atoms with Crippen LogP contribution >= 0.6 is 0 Å². The number of amides is 1. The van der Waals surface area contributed by atoms with Crippen LogP contribution in [0.15, 0.2) is 0 Å². The second-order valence-corrected chi connectivity index (χ2v) is 3.93. The van der Waals surface area contributed by atoms with Crippen LogP contribution in [0.1, 0.15) is 26.7 Å². The number of aliphatic hydroxyl groups excluding tert-OH is 1. The molecule has 0 aliphatic carbocycles. The first kappa shape index (κ1) is 17.1. The lowest BCUT2D eigenvalue weighted by atomic mass is 9.96. The van der Waals surface area contributed by atoms with Crippen molar-refractivity contribution >= 4 is 5.91 Å². The fraction of sp³-hybridized carbons (Fsp3) is 0.900. The number of carbonyl (C=O) groups excluding carboxylic acids is 1. The Labute approximate surface area is 101 Å². The van der Waals surface area contributed by atoms with Gasteiger partial charge >= 0.3 is 12.1 Å². The molecule has 1 amide bonds. The highest BCUT2D eigenvalue weighted by Crippen LogP contribution is 2.35. The Morgan fingerprint density at radius 1 is 1.17 bits per heavy atom. The molecule has 3 nitrogen and oxygen atoms in total. The van der Waals surface area contributed by atoms with Gasteiger partial charge in [-0.25, -0.2) is 0 Å². The van der Waals surface area contributed by atoms with Gasteiger partial charge in [-0.3, -0.25) is 4.79 Å². The SMILES string of the molecule is CCC(CC)C(O)CNC(=O)C(F)(F)C(F)(F)F. The third kappa shape index (κ3) is 4.08. The van der Waals surface area contributed by atoms with Gasteiger partial charge in [0.1, 0.15) is 0 Å². The fourth-order valence-corrected chi connectivity index (χ4v) is 1.44. The van der Waals surface area contributed by atoms with Crippen molar-refractivity contribution in [1.82, 2.24) is 5.32 Å². The predicted octanol–water partition coefficient (Wildman–Crippen LogP) is 2.10. The van der Waals surface area contributed by atoms with E-state index in [0.29, 0.717) is 12.8 Å². The van der Waals surface area contributed by atoms with E-state index in [4.69, 9.17) is 0 Å². The van der Waals surface area contributed by atoms with Gasteiger partial charge in [-0.1, -0.05) is 26.7 Å². The average Bonchev–Trinajstić information content (AvgIpc) is 2.25. The molecule has 0 radical (unpaired) electrons. The first-order valence-electron chi connectivity index (χ1n) is 5.48.